The molecule has 0 unspecified atom stereocenters. The molecule has 20 heavy (non-hydrogen) atoms. The summed E-state index contributed by atoms with van der Waals surface area (Å²) in [6, 6.07) is 1.96. The highest BCUT2D eigenvalue weighted by Crippen LogP contribution is 2.17. The molecule has 0 saturated carbocycles. The second kappa shape index (κ2) is 6.40. The first-order chi connectivity index (χ1) is 9.63. The maximum atomic E-state index is 11.6. The third kappa shape index (κ3) is 3.28. The maximum absolute atomic E-state index is 11.6. The summed E-state index contributed by atoms with van der Waals surface area (Å²) in [5, 5.41) is 2.96. The average Bonchev–Trinajstić information content (AvgIpc) is 2.47. The molecule has 7 nitrogen and oxygen atoms in total. The van der Waals surface area contributed by atoms with Crippen LogP contribution in [-0.4, -0.2) is 60.8 Å². The topological polar surface area (TPSA) is 70.6 Å². The number of rotatable bonds is 3. The third-order valence-electron chi connectivity index (χ3n) is 3.19. The number of ether oxygens (including phenoxy) is 1. The van der Waals surface area contributed by atoms with Gasteiger partial charge in [-0.05, 0) is 13.8 Å². The molecule has 1 aliphatic heterocycles. The molecule has 7 heteroatoms. The van der Waals surface area contributed by atoms with Crippen molar-refractivity contribution in [1.29, 1.82) is 0 Å². The van der Waals surface area contributed by atoms with Gasteiger partial charge in [-0.3, -0.25) is 0 Å². The molecule has 2 rings (SSSR count). The number of carbonyl (C=O) groups excluding carboxylic acids is 1. The quantitative estimate of drug-likeness (QED) is 0.893. The number of piperazine rings is 1. The van der Waals surface area contributed by atoms with Gasteiger partial charge in [0.25, 0.3) is 0 Å². The molecule has 0 radical (unpaired) electrons. The van der Waals surface area contributed by atoms with Gasteiger partial charge >= 0.3 is 6.09 Å². The van der Waals surface area contributed by atoms with Crippen LogP contribution in [0.15, 0.2) is 6.07 Å². The van der Waals surface area contributed by atoms with E-state index in [9.17, 15) is 4.79 Å². The van der Waals surface area contributed by atoms with Crippen LogP contribution in [0.4, 0.5) is 16.6 Å². The van der Waals surface area contributed by atoms with Gasteiger partial charge in [0.05, 0.1) is 6.61 Å². The Hall–Kier alpha value is -2.05. The van der Waals surface area contributed by atoms with Crippen molar-refractivity contribution in [2.24, 2.45) is 0 Å². The summed E-state index contributed by atoms with van der Waals surface area (Å²) in [5.41, 5.74) is 0.923. The lowest BCUT2D eigenvalue weighted by atomic mass is 10.3. The van der Waals surface area contributed by atoms with E-state index in [-0.39, 0.29) is 6.09 Å². The van der Waals surface area contributed by atoms with Crippen molar-refractivity contribution in [2.75, 3.05) is 50.1 Å². The molecule has 0 aliphatic carbocycles. The molecule has 1 N–H and O–H groups in total. The normalized spacial score (nSPS) is 15.2. The van der Waals surface area contributed by atoms with Crippen LogP contribution in [0.3, 0.4) is 0 Å². The monoisotopic (exact) mass is 279 g/mol. The zero-order chi connectivity index (χ0) is 14.5. The van der Waals surface area contributed by atoms with E-state index >= 15 is 0 Å². The van der Waals surface area contributed by atoms with Crippen molar-refractivity contribution in [1.82, 2.24) is 14.9 Å². The fraction of sp³-hybridized carbons (Fsp3) is 0.615. The average molecular weight is 279 g/mol. The highest BCUT2D eigenvalue weighted by Gasteiger charge is 2.23. The first kappa shape index (κ1) is 14.4. The number of carbonyl (C=O) groups is 1. The third-order valence-corrected chi connectivity index (χ3v) is 3.19. The second-order valence-corrected chi connectivity index (χ2v) is 4.61. The minimum Gasteiger partial charge on any atom is -0.450 e. The first-order valence-electron chi connectivity index (χ1n) is 6.84. The van der Waals surface area contributed by atoms with E-state index in [1.54, 1.807) is 11.9 Å². The summed E-state index contributed by atoms with van der Waals surface area (Å²) < 4.78 is 5.01. The molecule has 0 spiro atoms. The van der Waals surface area contributed by atoms with E-state index in [0.717, 1.165) is 24.6 Å². The molecular formula is C13H21N5O2. The predicted molar refractivity (Wildman–Crippen MR) is 77.1 cm³/mol. The minimum absolute atomic E-state index is 0.234. The van der Waals surface area contributed by atoms with Crippen LogP contribution in [0.25, 0.3) is 0 Å². The molecule has 0 bridgehead atoms. The molecule has 1 aromatic heterocycles. The van der Waals surface area contributed by atoms with Gasteiger partial charge in [-0.25, -0.2) is 9.78 Å². The van der Waals surface area contributed by atoms with Crippen molar-refractivity contribution in [2.45, 2.75) is 13.8 Å². The van der Waals surface area contributed by atoms with Crippen LogP contribution in [0, 0.1) is 6.92 Å². The molecule has 1 aliphatic rings. The van der Waals surface area contributed by atoms with E-state index in [4.69, 9.17) is 4.74 Å². The maximum Gasteiger partial charge on any atom is 0.409 e. The van der Waals surface area contributed by atoms with Crippen molar-refractivity contribution >= 4 is 17.9 Å². The summed E-state index contributed by atoms with van der Waals surface area (Å²) in [5.74, 6) is 1.51. The lowest BCUT2D eigenvalue weighted by Crippen LogP contribution is -2.49. The molecule has 2 heterocycles. The minimum atomic E-state index is -0.234. The van der Waals surface area contributed by atoms with Crippen LogP contribution >= 0.6 is 0 Å². The van der Waals surface area contributed by atoms with Gasteiger partial charge in [0.1, 0.15) is 5.82 Å². The number of aryl methyl sites for hydroxylation is 1. The van der Waals surface area contributed by atoms with Crippen LogP contribution < -0.4 is 10.2 Å². The van der Waals surface area contributed by atoms with Gasteiger partial charge in [-0.1, -0.05) is 0 Å². The molecule has 0 atom stereocenters. The van der Waals surface area contributed by atoms with Gasteiger partial charge in [0.15, 0.2) is 0 Å². The van der Waals surface area contributed by atoms with Gasteiger partial charge in [-0.2, -0.15) is 4.98 Å². The number of amides is 1. The number of hydrogen-bond acceptors (Lipinski definition) is 6. The molecule has 110 valence electrons. The predicted octanol–water partition coefficient (Wildman–Crippen LogP) is 1.11. The second-order valence-electron chi connectivity index (χ2n) is 4.61. The van der Waals surface area contributed by atoms with Crippen molar-refractivity contribution < 1.29 is 9.53 Å². The smallest absolute Gasteiger partial charge is 0.409 e. The summed E-state index contributed by atoms with van der Waals surface area (Å²) in [6.45, 7) is 6.97. The number of aromatic nitrogens is 2. The number of nitrogens with zero attached hydrogens (tertiary/aromatic N) is 4. The summed E-state index contributed by atoms with van der Waals surface area (Å²) in [7, 11) is 1.80. The molecule has 1 amide bonds. The Morgan fingerprint density at radius 3 is 2.65 bits per heavy atom. The summed E-state index contributed by atoms with van der Waals surface area (Å²) >= 11 is 0. The fourth-order valence-corrected chi connectivity index (χ4v) is 2.16. The Labute approximate surface area is 118 Å². The highest BCUT2D eigenvalue weighted by atomic mass is 16.6. The largest absolute Gasteiger partial charge is 0.450 e. The number of hydrogen-bond donors (Lipinski definition) is 1. The number of anilines is 2. The zero-order valence-corrected chi connectivity index (χ0v) is 12.2. The van der Waals surface area contributed by atoms with Crippen molar-refractivity contribution in [3.8, 4) is 0 Å². The van der Waals surface area contributed by atoms with Crippen LogP contribution in [-0.2, 0) is 4.74 Å². The summed E-state index contributed by atoms with van der Waals surface area (Å²) in [4.78, 5) is 24.3. The molecule has 0 aromatic carbocycles. The molecule has 1 saturated heterocycles. The van der Waals surface area contributed by atoms with E-state index in [1.807, 2.05) is 19.9 Å². The molecular weight excluding hydrogens is 258 g/mol. The lowest BCUT2D eigenvalue weighted by Gasteiger charge is -2.34. The van der Waals surface area contributed by atoms with Crippen molar-refractivity contribution in [3.05, 3.63) is 11.8 Å². The van der Waals surface area contributed by atoms with E-state index in [2.05, 4.69) is 20.2 Å². The van der Waals surface area contributed by atoms with Gasteiger partial charge in [0.2, 0.25) is 5.95 Å². The van der Waals surface area contributed by atoms with Gasteiger partial charge < -0.3 is 19.9 Å². The lowest BCUT2D eigenvalue weighted by molar-refractivity contribution is 0.105. The Balaban J connectivity index is 2.00. The van der Waals surface area contributed by atoms with E-state index in [1.165, 1.54) is 0 Å². The van der Waals surface area contributed by atoms with Crippen LogP contribution in [0.5, 0.6) is 0 Å². The van der Waals surface area contributed by atoms with E-state index < -0.39 is 0 Å². The highest BCUT2D eigenvalue weighted by molar-refractivity contribution is 5.68. The fourth-order valence-electron chi connectivity index (χ4n) is 2.16. The van der Waals surface area contributed by atoms with Gasteiger partial charge in [-0.15, -0.1) is 0 Å². The Morgan fingerprint density at radius 1 is 1.35 bits per heavy atom. The SMILES string of the molecule is CCOC(=O)N1CCN(c2cc(C)nc(NC)n2)CC1. The standard InChI is InChI=1S/C13H21N5O2/c1-4-20-13(19)18-7-5-17(6-8-18)11-9-10(2)15-12(14-3)16-11/h9H,4-8H2,1-3H3,(H,14,15,16). The van der Waals surface area contributed by atoms with Crippen LogP contribution in [0.1, 0.15) is 12.6 Å². The Kier molecular flexibility index (Phi) is 4.60. The van der Waals surface area contributed by atoms with Gasteiger partial charge in [0, 0.05) is 45.0 Å². The summed E-state index contributed by atoms with van der Waals surface area (Å²) in [6.07, 6.45) is -0.234. The molecule has 1 fully saturated rings. The molecule has 1 aromatic rings. The number of nitrogens with one attached hydrogen (secondary N) is 1. The Bertz CT molecular complexity index is 472. The van der Waals surface area contributed by atoms with E-state index in [0.29, 0.717) is 25.6 Å². The zero-order valence-electron chi connectivity index (χ0n) is 12.2. The first-order valence-corrected chi connectivity index (χ1v) is 6.84. The van der Waals surface area contributed by atoms with Crippen LogP contribution in [0.2, 0.25) is 0 Å². The Morgan fingerprint density at radius 2 is 2.05 bits per heavy atom. The van der Waals surface area contributed by atoms with Crippen molar-refractivity contribution in [3.63, 3.8) is 0 Å².